The van der Waals surface area contributed by atoms with Gasteiger partial charge in [0, 0.05) is 19.0 Å². The van der Waals surface area contributed by atoms with Gasteiger partial charge in [0.25, 0.3) is 0 Å². The molecule has 0 aliphatic carbocycles. The van der Waals surface area contributed by atoms with Crippen LogP contribution in [0.15, 0.2) is 0 Å². The Labute approximate surface area is 117 Å². The van der Waals surface area contributed by atoms with E-state index in [1.807, 2.05) is 0 Å². The van der Waals surface area contributed by atoms with Crippen LogP contribution in [-0.4, -0.2) is 42.5 Å². The molecule has 0 saturated carbocycles. The first-order valence-electron chi connectivity index (χ1n) is 8.19. The van der Waals surface area contributed by atoms with Crippen molar-refractivity contribution in [2.24, 2.45) is 0 Å². The van der Waals surface area contributed by atoms with Gasteiger partial charge in [0.2, 0.25) is 0 Å². The fourth-order valence-electron chi connectivity index (χ4n) is 3.25. The largest absolute Gasteiger partial charge is 0.367 e. The van der Waals surface area contributed by atoms with Crippen LogP contribution < -0.4 is 0 Å². The van der Waals surface area contributed by atoms with Crippen LogP contribution in [-0.2, 0) is 9.53 Å². The highest BCUT2D eigenvalue weighted by atomic mass is 16.5. The molecule has 0 spiro atoms. The van der Waals surface area contributed by atoms with Crippen molar-refractivity contribution < 1.29 is 9.53 Å². The molecule has 2 saturated heterocycles. The molecular weight excluding hydrogens is 238 g/mol. The molecule has 19 heavy (non-hydrogen) atoms. The molecule has 0 radical (unpaired) electrons. The minimum Gasteiger partial charge on any atom is -0.367 e. The summed E-state index contributed by atoms with van der Waals surface area (Å²) in [7, 11) is 0. The first-order valence-corrected chi connectivity index (χ1v) is 8.19. The minimum atomic E-state index is -0.134. The van der Waals surface area contributed by atoms with Gasteiger partial charge in [0.05, 0.1) is 6.61 Å². The maximum atomic E-state index is 12.1. The molecule has 0 aromatic heterocycles. The number of nitrogens with zero attached hydrogens (tertiary/aromatic N) is 1. The van der Waals surface area contributed by atoms with Gasteiger partial charge >= 0.3 is 0 Å². The van der Waals surface area contributed by atoms with Gasteiger partial charge in [-0.3, -0.25) is 9.69 Å². The molecular formula is C16H29NO2. The van der Waals surface area contributed by atoms with Crippen LogP contribution in [0.5, 0.6) is 0 Å². The van der Waals surface area contributed by atoms with Crippen molar-refractivity contribution in [2.45, 2.75) is 76.9 Å². The molecule has 2 rings (SSSR count). The Bertz CT molecular complexity index is 280. The second-order valence-electron chi connectivity index (χ2n) is 6.10. The monoisotopic (exact) mass is 267 g/mol. The van der Waals surface area contributed by atoms with Crippen molar-refractivity contribution in [1.82, 2.24) is 4.90 Å². The second kappa shape index (κ2) is 8.01. The topological polar surface area (TPSA) is 29.5 Å². The van der Waals surface area contributed by atoms with Crippen molar-refractivity contribution in [1.29, 1.82) is 0 Å². The van der Waals surface area contributed by atoms with E-state index in [1.54, 1.807) is 0 Å². The van der Waals surface area contributed by atoms with Gasteiger partial charge in [-0.25, -0.2) is 0 Å². The third-order valence-electron chi connectivity index (χ3n) is 4.53. The Morgan fingerprint density at radius 2 is 2.00 bits per heavy atom. The number of hydrogen-bond donors (Lipinski definition) is 0. The fraction of sp³-hybridized carbons (Fsp3) is 0.938. The number of hydrogen-bond acceptors (Lipinski definition) is 3. The van der Waals surface area contributed by atoms with E-state index in [0.29, 0.717) is 11.8 Å². The summed E-state index contributed by atoms with van der Waals surface area (Å²) < 4.78 is 5.76. The number of ketones is 1. The van der Waals surface area contributed by atoms with E-state index in [2.05, 4.69) is 11.8 Å². The van der Waals surface area contributed by atoms with Crippen LogP contribution in [0.25, 0.3) is 0 Å². The molecule has 0 bridgehead atoms. The number of rotatable bonds is 8. The molecule has 2 unspecified atom stereocenters. The summed E-state index contributed by atoms with van der Waals surface area (Å²) in [4.78, 5) is 14.6. The van der Waals surface area contributed by atoms with Gasteiger partial charge < -0.3 is 4.74 Å². The Morgan fingerprint density at radius 3 is 2.84 bits per heavy atom. The molecule has 3 heteroatoms. The zero-order valence-electron chi connectivity index (χ0n) is 12.4. The van der Waals surface area contributed by atoms with E-state index in [4.69, 9.17) is 4.74 Å². The third kappa shape index (κ3) is 4.57. The zero-order chi connectivity index (χ0) is 13.5. The van der Waals surface area contributed by atoms with E-state index in [1.165, 1.54) is 44.9 Å². The van der Waals surface area contributed by atoms with Crippen molar-refractivity contribution >= 4 is 5.78 Å². The van der Waals surface area contributed by atoms with Crippen LogP contribution in [0.3, 0.4) is 0 Å². The summed E-state index contributed by atoms with van der Waals surface area (Å²) in [6.07, 6.45) is 10.6. The summed E-state index contributed by atoms with van der Waals surface area (Å²) >= 11 is 0. The van der Waals surface area contributed by atoms with Gasteiger partial charge in [0.15, 0.2) is 5.78 Å². The van der Waals surface area contributed by atoms with Crippen LogP contribution in [0.2, 0.25) is 0 Å². The zero-order valence-corrected chi connectivity index (χ0v) is 12.4. The Morgan fingerprint density at radius 1 is 1.21 bits per heavy atom. The quantitative estimate of drug-likeness (QED) is 0.633. The molecule has 2 aliphatic heterocycles. The van der Waals surface area contributed by atoms with Crippen LogP contribution in [0.4, 0.5) is 0 Å². The van der Waals surface area contributed by atoms with Crippen molar-refractivity contribution in [3.05, 3.63) is 0 Å². The normalized spacial score (nSPS) is 27.4. The van der Waals surface area contributed by atoms with Gasteiger partial charge in [-0.1, -0.05) is 39.0 Å². The minimum absolute atomic E-state index is 0.134. The molecule has 2 atom stereocenters. The summed E-state index contributed by atoms with van der Waals surface area (Å²) in [5, 5.41) is 0. The first-order chi connectivity index (χ1) is 9.31. The Balaban J connectivity index is 1.58. The molecule has 0 N–H and O–H groups in total. The standard InChI is InChI=1S/C16H29NO2/c1-2-3-4-5-6-7-10-15(18)16-12-17-11-8-9-14(17)13-19-16/h14,16H,2-13H2,1H3. The molecule has 2 aliphatic rings. The second-order valence-corrected chi connectivity index (χ2v) is 6.10. The lowest BCUT2D eigenvalue weighted by atomic mass is 10.0. The number of ether oxygens (including phenoxy) is 1. The number of fused-ring (bicyclic) bond motifs is 1. The number of carbonyl (C=O) groups excluding carboxylic acids is 1. The van der Waals surface area contributed by atoms with E-state index in [-0.39, 0.29) is 6.10 Å². The number of unbranched alkanes of at least 4 members (excludes halogenated alkanes) is 5. The summed E-state index contributed by atoms with van der Waals surface area (Å²) in [6.45, 7) is 5.01. The Hall–Kier alpha value is -0.410. The number of morpholine rings is 1. The number of carbonyl (C=O) groups is 1. The van der Waals surface area contributed by atoms with Crippen molar-refractivity contribution in [3.8, 4) is 0 Å². The highest BCUT2D eigenvalue weighted by Gasteiger charge is 2.34. The molecule has 0 aromatic rings. The fourth-order valence-corrected chi connectivity index (χ4v) is 3.25. The van der Waals surface area contributed by atoms with E-state index >= 15 is 0 Å². The van der Waals surface area contributed by atoms with E-state index < -0.39 is 0 Å². The molecule has 2 heterocycles. The average molecular weight is 267 g/mol. The first kappa shape index (κ1) is 15.0. The van der Waals surface area contributed by atoms with Crippen molar-refractivity contribution in [2.75, 3.05) is 19.7 Å². The predicted molar refractivity (Wildman–Crippen MR) is 77.3 cm³/mol. The van der Waals surface area contributed by atoms with E-state index in [9.17, 15) is 4.79 Å². The maximum Gasteiger partial charge on any atom is 0.162 e. The van der Waals surface area contributed by atoms with Gasteiger partial charge in [-0.2, -0.15) is 0 Å². The smallest absolute Gasteiger partial charge is 0.162 e. The SMILES string of the molecule is CCCCCCCCC(=O)C1CN2CCCC2CO1. The predicted octanol–water partition coefficient (Wildman–Crippen LogP) is 3.17. The van der Waals surface area contributed by atoms with E-state index in [0.717, 1.165) is 32.5 Å². The van der Waals surface area contributed by atoms with Crippen molar-refractivity contribution in [3.63, 3.8) is 0 Å². The molecule has 2 fully saturated rings. The molecule has 110 valence electrons. The third-order valence-corrected chi connectivity index (χ3v) is 4.53. The molecule has 0 aromatic carbocycles. The highest BCUT2D eigenvalue weighted by molar-refractivity contribution is 5.83. The Kier molecular flexibility index (Phi) is 6.32. The van der Waals surface area contributed by atoms with Gasteiger partial charge in [-0.15, -0.1) is 0 Å². The maximum absolute atomic E-state index is 12.1. The molecule has 3 nitrogen and oxygen atoms in total. The average Bonchev–Trinajstić information content (AvgIpc) is 2.89. The summed E-state index contributed by atoms with van der Waals surface area (Å²) in [5.41, 5.74) is 0. The molecule has 0 amide bonds. The van der Waals surface area contributed by atoms with Crippen LogP contribution >= 0.6 is 0 Å². The summed E-state index contributed by atoms with van der Waals surface area (Å²) in [6, 6.07) is 0.595. The van der Waals surface area contributed by atoms with Crippen LogP contribution in [0, 0.1) is 0 Å². The lowest BCUT2D eigenvalue weighted by Gasteiger charge is -2.34. The summed E-state index contributed by atoms with van der Waals surface area (Å²) in [5.74, 6) is 0.334. The van der Waals surface area contributed by atoms with Gasteiger partial charge in [-0.05, 0) is 25.8 Å². The lowest BCUT2D eigenvalue weighted by Crippen LogP contribution is -2.49. The number of Topliss-reactive ketones (excluding diaryl/α,β-unsaturated/α-hetero) is 1. The van der Waals surface area contributed by atoms with Gasteiger partial charge in [0.1, 0.15) is 6.10 Å². The van der Waals surface area contributed by atoms with Crippen LogP contribution in [0.1, 0.15) is 64.7 Å². The lowest BCUT2D eigenvalue weighted by molar-refractivity contribution is -0.138. The highest BCUT2D eigenvalue weighted by Crippen LogP contribution is 2.23.